The van der Waals surface area contributed by atoms with Crippen LogP contribution in [0.4, 0.5) is 13.2 Å². The van der Waals surface area contributed by atoms with Crippen molar-refractivity contribution in [3.05, 3.63) is 23.8 Å². The zero-order valence-electron chi connectivity index (χ0n) is 8.95. The standard InChI is InChI=1S/C10H7F3O5/c1-5(14)17-8-3-2-6(18-10(11,12)13)4-7(8)9(15)16/h2-4H,1H3,(H,15,16). The van der Waals surface area contributed by atoms with Crippen LogP contribution >= 0.6 is 0 Å². The number of rotatable bonds is 3. The van der Waals surface area contributed by atoms with Gasteiger partial charge in [-0.3, -0.25) is 4.79 Å². The second-order valence-electron chi connectivity index (χ2n) is 3.10. The molecule has 0 heterocycles. The summed E-state index contributed by atoms with van der Waals surface area (Å²) in [5.41, 5.74) is -0.605. The molecular formula is C10H7F3O5. The first-order valence-corrected chi connectivity index (χ1v) is 4.50. The summed E-state index contributed by atoms with van der Waals surface area (Å²) in [6.07, 6.45) is -4.93. The highest BCUT2D eigenvalue weighted by atomic mass is 19.4. The van der Waals surface area contributed by atoms with Crippen molar-refractivity contribution < 1.29 is 37.3 Å². The SMILES string of the molecule is CC(=O)Oc1ccc(OC(F)(F)F)cc1C(=O)O. The van der Waals surface area contributed by atoms with Gasteiger partial charge in [0.2, 0.25) is 0 Å². The number of alkyl halides is 3. The molecule has 0 unspecified atom stereocenters. The number of aromatic carboxylic acids is 1. The lowest BCUT2D eigenvalue weighted by atomic mass is 10.2. The fourth-order valence-electron chi connectivity index (χ4n) is 1.12. The Morgan fingerprint density at radius 1 is 1.28 bits per heavy atom. The quantitative estimate of drug-likeness (QED) is 0.669. The number of hydrogen-bond acceptors (Lipinski definition) is 4. The number of halogens is 3. The topological polar surface area (TPSA) is 72.8 Å². The molecule has 18 heavy (non-hydrogen) atoms. The Hall–Kier alpha value is -2.25. The van der Waals surface area contributed by atoms with Gasteiger partial charge >= 0.3 is 18.3 Å². The van der Waals surface area contributed by atoms with Crippen LogP contribution in [0.15, 0.2) is 18.2 Å². The Morgan fingerprint density at radius 2 is 1.89 bits per heavy atom. The Balaban J connectivity index is 3.11. The van der Waals surface area contributed by atoms with Gasteiger partial charge in [0.1, 0.15) is 17.1 Å². The van der Waals surface area contributed by atoms with E-state index in [0.717, 1.165) is 19.1 Å². The minimum Gasteiger partial charge on any atom is -0.478 e. The van der Waals surface area contributed by atoms with Crippen LogP contribution < -0.4 is 9.47 Å². The van der Waals surface area contributed by atoms with Gasteiger partial charge in [-0.25, -0.2) is 4.79 Å². The number of ether oxygens (including phenoxy) is 2. The van der Waals surface area contributed by atoms with Gasteiger partial charge in [-0.05, 0) is 18.2 Å². The summed E-state index contributed by atoms with van der Waals surface area (Å²) in [6.45, 7) is 1.03. The molecule has 0 radical (unpaired) electrons. The molecule has 5 nitrogen and oxygen atoms in total. The first-order chi connectivity index (χ1) is 8.19. The van der Waals surface area contributed by atoms with Crippen molar-refractivity contribution in [1.82, 2.24) is 0 Å². The van der Waals surface area contributed by atoms with E-state index >= 15 is 0 Å². The van der Waals surface area contributed by atoms with E-state index < -0.39 is 29.6 Å². The highest BCUT2D eigenvalue weighted by molar-refractivity contribution is 5.92. The van der Waals surface area contributed by atoms with E-state index in [4.69, 9.17) is 5.11 Å². The van der Waals surface area contributed by atoms with Gasteiger partial charge in [0.15, 0.2) is 0 Å². The van der Waals surface area contributed by atoms with Crippen molar-refractivity contribution in [3.8, 4) is 11.5 Å². The van der Waals surface area contributed by atoms with Crippen molar-refractivity contribution in [2.24, 2.45) is 0 Å². The highest BCUT2D eigenvalue weighted by Crippen LogP contribution is 2.28. The molecule has 1 N–H and O–H groups in total. The third-order valence-corrected chi connectivity index (χ3v) is 1.67. The summed E-state index contributed by atoms with van der Waals surface area (Å²) in [4.78, 5) is 21.5. The molecule has 1 aromatic rings. The number of carboxylic acids is 1. The Kier molecular flexibility index (Phi) is 3.79. The Bertz CT molecular complexity index is 481. The van der Waals surface area contributed by atoms with Gasteiger partial charge in [-0.15, -0.1) is 13.2 Å². The number of benzene rings is 1. The fourth-order valence-corrected chi connectivity index (χ4v) is 1.12. The van der Waals surface area contributed by atoms with Gasteiger partial charge in [-0.2, -0.15) is 0 Å². The summed E-state index contributed by atoms with van der Waals surface area (Å²) in [5, 5.41) is 8.77. The molecule has 98 valence electrons. The third-order valence-electron chi connectivity index (χ3n) is 1.67. The van der Waals surface area contributed by atoms with E-state index in [1.807, 2.05) is 0 Å². The number of carbonyl (C=O) groups is 2. The van der Waals surface area contributed by atoms with E-state index in [1.165, 1.54) is 0 Å². The molecule has 0 saturated carbocycles. The lowest BCUT2D eigenvalue weighted by Crippen LogP contribution is -2.17. The molecular weight excluding hydrogens is 257 g/mol. The average molecular weight is 264 g/mol. The van der Waals surface area contributed by atoms with E-state index in [1.54, 1.807) is 0 Å². The van der Waals surface area contributed by atoms with Crippen LogP contribution in [-0.2, 0) is 4.79 Å². The van der Waals surface area contributed by atoms with Gasteiger partial charge in [0.05, 0.1) is 0 Å². The second kappa shape index (κ2) is 4.94. The summed E-state index contributed by atoms with van der Waals surface area (Å²) < 4.78 is 43.9. The minimum atomic E-state index is -4.93. The van der Waals surface area contributed by atoms with Crippen LogP contribution in [0.1, 0.15) is 17.3 Å². The molecule has 0 fully saturated rings. The summed E-state index contributed by atoms with van der Waals surface area (Å²) in [5.74, 6) is -3.40. The summed E-state index contributed by atoms with van der Waals surface area (Å²) in [6, 6.07) is 2.37. The molecule has 0 aliphatic rings. The van der Waals surface area contributed by atoms with Crippen molar-refractivity contribution in [1.29, 1.82) is 0 Å². The van der Waals surface area contributed by atoms with Crippen LogP contribution in [0.5, 0.6) is 11.5 Å². The summed E-state index contributed by atoms with van der Waals surface area (Å²) >= 11 is 0. The van der Waals surface area contributed by atoms with E-state index in [-0.39, 0.29) is 5.75 Å². The molecule has 1 aromatic carbocycles. The molecule has 0 spiro atoms. The molecule has 0 bridgehead atoms. The molecule has 8 heteroatoms. The Labute approximate surface area is 98.7 Å². The lowest BCUT2D eigenvalue weighted by molar-refractivity contribution is -0.274. The lowest BCUT2D eigenvalue weighted by Gasteiger charge is -2.11. The van der Waals surface area contributed by atoms with Gasteiger partial charge in [-0.1, -0.05) is 0 Å². The van der Waals surface area contributed by atoms with Crippen LogP contribution in [0.25, 0.3) is 0 Å². The van der Waals surface area contributed by atoms with E-state index in [9.17, 15) is 22.8 Å². The van der Waals surface area contributed by atoms with Crippen LogP contribution in [-0.4, -0.2) is 23.4 Å². The average Bonchev–Trinajstić information content (AvgIpc) is 2.17. The van der Waals surface area contributed by atoms with Gasteiger partial charge < -0.3 is 14.6 Å². The maximum absolute atomic E-state index is 11.9. The maximum atomic E-state index is 11.9. The molecule has 0 saturated heterocycles. The van der Waals surface area contributed by atoms with Crippen LogP contribution in [0, 0.1) is 0 Å². The van der Waals surface area contributed by atoms with Crippen molar-refractivity contribution in [2.75, 3.05) is 0 Å². The van der Waals surface area contributed by atoms with Crippen molar-refractivity contribution in [3.63, 3.8) is 0 Å². The second-order valence-corrected chi connectivity index (χ2v) is 3.10. The van der Waals surface area contributed by atoms with Gasteiger partial charge in [0.25, 0.3) is 0 Å². The van der Waals surface area contributed by atoms with Crippen LogP contribution in [0.3, 0.4) is 0 Å². The first kappa shape index (κ1) is 13.8. The molecule has 0 aliphatic carbocycles. The van der Waals surface area contributed by atoms with Crippen molar-refractivity contribution >= 4 is 11.9 Å². The number of carbonyl (C=O) groups excluding carboxylic acids is 1. The first-order valence-electron chi connectivity index (χ1n) is 4.50. The number of esters is 1. The molecule has 0 amide bonds. The highest BCUT2D eigenvalue weighted by Gasteiger charge is 2.31. The Morgan fingerprint density at radius 3 is 2.33 bits per heavy atom. The van der Waals surface area contributed by atoms with E-state index in [2.05, 4.69) is 9.47 Å². The monoisotopic (exact) mass is 264 g/mol. The number of hydrogen-bond donors (Lipinski definition) is 1. The zero-order chi connectivity index (χ0) is 13.9. The predicted octanol–water partition coefficient (Wildman–Crippen LogP) is 2.21. The molecule has 0 aliphatic heterocycles. The number of carboxylic acid groups (broad SMARTS) is 1. The molecule has 0 atom stereocenters. The van der Waals surface area contributed by atoms with Crippen LogP contribution in [0.2, 0.25) is 0 Å². The van der Waals surface area contributed by atoms with E-state index in [0.29, 0.717) is 6.07 Å². The van der Waals surface area contributed by atoms with Gasteiger partial charge in [0, 0.05) is 6.92 Å². The minimum absolute atomic E-state index is 0.357. The third kappa shape index (κ3) is 3.96. The molecule has 0 aromatic heterocycles. The zero-order valence-corrected chi connectivity index (χ0v) is 8.95. The summed E-state index contributed by atoms with van der Waals surface area (Å²) in [7, 11) is 0. The smallest absolute Gasteiger partial charge is 0.478 e. The molecule has 1 rings (SSSR count). The van der Waals surface area contributed by atoms with Crippen molar-refractivity contribution in [2.45, 2.75) is 13.3 Å². The largest absolute Gasteiger partial charge is 0.573 e. The predicted molar refractivity (Wildman–Crippen MR) is 51.4 cm³/mol. The normalized spacial score (nSPS) is 10.9. The fraction of sp³-hybridized carbons (Fsp3) is 0.200. The maximum Gasteiger partial charge on any atom is 0.573 e.